The molecule has 0 spiro atoms. The fourth-order valence-electron chi connectivity index (χ4n) is 1.83. The highest BCUT2D eigenvalue weighted by atomic mass is 32.2. The Balaban J connectivity index is 2.48. The van der Waals surface area contributed by atoms with Crippen LogP contribution in [0.1, 0.15) is 27.2 Å². The van der Waals surface area contributed by atoms with Gasteiger partial charge >= 0.3 is 0 Å². The molecular formula is C12H23NS2. The highest BCUT2D eigenvalue weighted by Crippen LogP contribution is 2.37. The second kappa shape index (κ2) is 6.87. The van der Waals surface area contributed by atoms with E-state index < -0.39 is 0 Å². The molecule has 1 nitrogen and oxygen atoms in total. The summed E-state index contributed by atoms with van der Waals surface area (Å²) in [6, 6.07) is 0.611. The van der Waals surface area contributed by atoms with E-state index in [0.717, 1.165) is 28.7 Å². The minimum absolute atomic E-state index is 0.611. The van der Waals surface area contributed by atoms with E-state index in [-0.39, 0.29) is 0 Å². The van der Waals surface area contributed by atoms with Crippen LogP contribution in [-0.4, -0.2) is 34.1 Å². The Labute approximate surface area is 103 Å². The van der Waals surface area contributed by atoms with Crippen LogP contribution >= 0.6 is 23.5 Å². The minimum atomic E-state index is 0.611. The number of rotatable bonds is 5. The van der Waals surface area contributed by atoms with E-state index >= 15 is 0 Å². The summed E-state index contributed by atoms with van der Waals surface area (Å²) in [7, 11) is 0. The van der Waals surface area contributed by atoms with Crippen LogP contribution in [-0.2, 0) is 0 Å². The van der Waals surface area contributed by atoms with Gasteiger partial charge in [0.2, 0.25) is 0 Å². The monoisotopic (exact) mass is 245 g/mol. The largest absolute Gasteiger partial charge is 0.313 e. The van der Waals surface area contributed by atoms with Gasteiger partial charge in [-0.1, -0.05) is 26.8 Å². The summed E-state index contributed by atoms with van der Waals surface area (Å²) in [6.07, 6.45) is 3.13. The zero-order chi connectivity index (χ0) is 11.3. The maximum absolute atomic E-state index is 3.86. The average Bonchev–Trinajstić information content (AvgIpc) is 2.22. The van der Waals surface area contributed by atoms with Gasteiger partial charge in [0.05, 0.1) is 0 Å². The summed E-state index contributed by atoms with van der Waals surface area (Å²) < 4.78 is 0. The van der Waals surface area contributed by atoms with E-state index in [1.807, 2.05) is 6.08 Å². The van der Waals surface area contributed by atoms with Gasteiger partial charge in [-0.3, -0.25) is 0 Å². The lowest BCUT2D eigenvalue weighted by Crippen LogP contribution is -2.42. The third-order valence-corrected chi connectivity index (χ3v) is 6.46. The van der Waals surface area contributed by atoms with E-state index in [9.17, 15) is 0 Å². The van der Waals surface area contributed by atoms with Crippen molar-refractivity contribution >= 4 is 23.5 Å². The van der Waals surface area contributed by atoms with Crippen molar-refractivity contribution in [2.24, 2.45) is 0 Å². The maximum atomic E-state index is 3.86. The molecule has 1 fully saturated rings. The normalized spacial score (nSPS) is 33.7. The summed E-state index contributed by atoms with van der Waals surface area (Å²) in [5.41, 5.74) is 0. The Kier molecular flexibility index (Phi) is 6.17. The van der Waals surface area contributed by atoms with Crippen LogP contribution in [0, 0.1) is 0 Å². The summed E-state index contributed by atoms with van der Waals surface area (Å²) >= 11 is 4.27. The maximum Gasteiger partial charge on any atom is 0.0297 e. The third kappa shape index (κ3) is 4.04. The predicted molar refractivity (Wildman–Crippen MR) is 75.0 cm³/mol. The van der Waals surface area contributed by atoms with Crippen LogP contribution in [0.15, 0.2) is 12.7 Å². The fourth-order valence-corrected chi connectivity index (χ4v) is 4.97. The highest BCUT2D eigenvalue weighted by molar-refractivity contribution is 8.07. The lowest BCUT2D eigenvalue weighted by Gasteiger charge is -2.36. The quantitative estimate of drug-likeness (QED) is 0.747. The van der Waals surface area contributed by atoms with Gasteiger partial charge in [-0.25, -0.2) is 0 Å². The highest BCUT2D eigenvalue weighted by Gasteiger charge is 2.30. The SMILES string of the molecule is C=CCC(NCC)C1CSC(C)C(C)S1. The summed E-state index contributed by atoms with van der Waals surface area (Å²) in [6.45, 7) is 11.8. The second-order valence-electron chi connectivity index (χ2n) is 4.11. The summed E-state index contributed by atoms with van der Waals surface area (Å²) in [4.78, 5) is 0. The van der Waals surface area contributed by atoms with Gasteiger partial charge in [0.15, 0.2) is 0 Å². The van der Waals surface area contributed by atoms with Crippen molar-refractivity contribution in [3.63, 3.8) is 0 Å². The van der Waals surface area contributed by atoms with Gasteiger partial charge in [-0.05, 0) is 13.0 Å². The smallest absolute Gasteiger partial charge is 0.0297 e. The molecule has 0 aromatic carbocycles. The Bertz CT molecular complexity index is 196. The molecule has 0 saturated carbocycles. The second-order valence-corrected chi connectivity index (χ2v) is 7.14. The standard InChI is InChI=1S/C12H23NS2/c1-5-7-11(13-6-2)12-8-14-9(3)10(4)15-12/h5,9-13H,1,6-8H2,2-4H3. The molecule has 0 radical (unpaired) electrons. The number of hydrogen-bond donors (Lipinski definition) is 1. The fraction of sp³-hybridized carbons (Fsp3) is 0.833. The number of nitrogens with one attached hydrogen (secondary N) is 1. The van der Waals surface area contributed by atoms with E-state index in [2.05, 4.69) is 56.2 Å². The Hall–Kier alpha value is 0.400. The molecule has 1 aliphatic heterocycles. The topological polar surface area (TPSA) is 12.0 Å². The van der Waals surface area contributed by atoms with E-state index in [4.69, 9.17) is 0 Å². The van der Waals surface area contributed by atoms with Gasteiger partial charge in [-0.2, -0.15) is 23.5 Å². The van der Waals surface area contributed by atoms with Crippen LogP contribution in [0.4, 0.5) is 0 Å². The molecule has 88 valence electrons. The molecule has 1 rings (SSSR count). The molecule has 0 amide bonds. The Morgan fingerprint density at radius 1 is 1.47 bits per heavy atom. The predicted octanol–water partition coefficient (Wildman–Crippen LogP) is 3.17. The van der Waals surface area contributed by atoms with Crippen molar-refractivity contribution in [1.29, 1.82) is 0 Å². The third-order valence-electron chi connectivity index (χ3n) is 2.91. The molecule has 1 saturated heterocycles. The number of hydrogen-bond acceptors (Lipinski definition) is 3. The molecule has 4 atom stereocenters. The van der Waals surface area contributed by atoms with Crippen LogP contribution in [0.25, 0.3) is 0 Å². The molecule has 1 N–H and O–H groups in total. The Morgan fingerprint density at radius 3 is 2.73 bits per heavy atom. The van der Waals surface area contributed by atoms with Crippen LogP contribution in [0.2, 0.25) is 0 Å². The molecule has 1 aliphatic rings. The lowest BCUT2D eigenvalue weighted by atomic mass is 10.1. The van der Waals surface area contributed by atoms with E-state index in [0.29, 0.717) is 6.04 Å². The molecule has 0 aromatic rings. The van der Waals surface area contributed by atoms with Gasteiger partial charge < -0.3 is 5.32 Å². The first-order chi connectivity index (χ1) is 7.19. The molecule has 1 heterocycles. The summed E-state index contributed by atoms with van der Waals surface area (Å²) in [5, 5.41) is 5.91. The average molecular weight is 245 g/mol. The zero-order valence-corrected chi connectivity index (χ0v) is 11.7. The van der Waals surface area contributed by atoms with Crippen molar-refractivity contribution in [2.75, 3.05) is 12.3 Å². The number of thioether (sulfide) groups is 2. The van der Waals surface area contributed by atoms with Crippen molar-refractivity contribution in [3.05, 3.63) is 12.7 Å². The first-order valence-electron chi connectivity index (χ1n) is 5.80. The molecule has 4 unspecified atom stereocenters. The zero-order valence-electron chi connectivity index (χ0n) is 10.0. The van der Waals surface area contributed by atoms with Gasteiger partial charge in [0, 0.05) is 27.5 Å². The molecular weight excluding hydrogens is 222 g/mol. The summed E-state index contributed by atoms with van der Waals surface area (Å²) in [5.74, 6) is 1.28. The van der Waals surface area contributed by atoms with Gasteiger partial charge in [0.1, 0.15) is 0 Å². The first-order valence-corrected chi connectivity index (χ1v) is 7.79. The first kappa shape index (κ1) is 13.5. The Morgan fingerprint density at radius 2 is 2.20 bits per heavy atom. The molecule has 0 aromatic heterocycles. The van der Waals surface area contributed by atoms with Gasteiger partial charge in [0.25, 0.3) is 0 Å². The van der Waals surface area contributed by atoms with Crippen LogP contribution in [0.3, 0.4) is 0 Å². The minimum Gasteiger partial charge on any atom is -0.313 e. The molecule has 3 heteroatoms. The van der Waals surface area contributed by atoms with Crippen molar-refractivity contribution in [1.82, 2.24) is 5.32 Å². The van der Waals surface area contributed by atoms with Crippen molar-refractivity contribution < 1.29 is 0 Å². The molecule has 0 aliphatic carbocycles. The molecule has 0 bridgehead atoms. The molecule has 15 heavy (non-hydrogen) atoms. The lowest BCUT2D eigenvalue weighted by molar-refractivity contribution is 0.528. The van der Waals surface area contributed by atoms with Crippen molar-refractivity contribution in [3.8, 4) is 0 Å². The van der Waals surface area contributed by atoms with E-state index in [1.54, 1.807) is 0 Å². The van der Waals surface area contributed by atoms with Crippen LogP contribution < -0.4 is 5.32 Å². The van der Waals surface area contributed by atoms with E-state index in [1.165, 1.54) is 5.75 Å². The van der Waals surface area contributed by atoms with Gasteiger partial charge in [-0.15, -0.1) is 6.58 Å². The van der Waals surface area contributed by atoms with Crippen LogP contribution in [0.5, 0.6) is 0 Å². The van der Waals surface area contributed by atoms with Crippen molar-refractivity contribution in [2.45, 2.75) is 49.0 Å².